The Morgan fingerprint density at radius 1 is 1.03 bits per heavy atom. The van der Waals surface area contributed by atoms with E-state index in [2.05, 4.69) is 15.9 Å². The molecule has 3 rings (SSSR count). The van der Waals surface area contributed by atoms with Crippen LogP contribution in [0.4, 0.5) is 4.39 Å². The molecule has 1 saturated heterocycles. The van der Waals surface area contributed by atoms with E-state index in [-0.39, 0.29) is 42.8 Å². The Morgan fingerprint density at radius 3 is 2.23 bits per heavy atom. The Bertz CT molecular complexity index is 1090. The van der Waals surface area contributed by atoms with E-state index in [1.807, 2.05) is 0 Å². The van der Waals surface area contributed by atoms with E-state index in [1.54, 1.807) is 12.1 Å². The van der Waals surface area contributed by atoms with Gasteiger partial charge in [0, 0.05) is 47.9 Å². The number of carbonyl (C=O) groups excluding carboxylic acids is 2. The largest absolute Gasteiger partial charge is 0.337 e. The molecule has 2 aromatic rings. The summed E-state index contributed by atoms with van der Waals surface area (Å²) in [7, 11) is -3.71. The second-order valence-electron chi connectivity index (χ2n) is 6.81. The number of benzene rings is 2. The van der Waals surface area contributed by atoms with Crippen molar-refractivity contribution in [3.63, 3.8) is 0 Å². The lowest BCUT2D eigenvalue weighted by molar-refractivity contribution is -0.127. The van der Waals surface area contributed by atoms with Crippen molar-refractivity contribution < 1.29 is 22.4 Å². The van der Waals surface area contributed by atoms with E-state index in [9.17, 15) is 22.4 Å². The van der Waals surface area contributed by atoms with Crippen LogP contribution in [0.15, 0.2) is 57.9 Å². The number of nitrogens with zero attached hydrogens (tertiary/aromatic N) is 2. The highest BCUT2D eigenvalue weighted by Gasteiger charge is 2.29. The van der Waals surface area contributed by atoms with E-state index in [4.69, 9.17) is 0 Å². The first-order valence-corrected chi connectivity index (χ1v) is 11.4. The molecule has 1 aliphatic rings. The van der Waals surface area contributed by atoms with Gasteiger partial charge in [-0.3, -0.25) is 9.59 Å². The van der Waals surface area contributed by atoms with Crippen LogP contribution < -0.4 is 0 Å². The Balaban J connectivity index is 1.62. The van der Waals surface area contributed by atoms with Crippen LogP contribution in [-0.2, 0) is 14.8 Å². The number of sulfonamides is 1. The maximum atomic E-state index is 13.9. The molecule has 0 aromatic heterocycles. The van der Waals surface area contributed by atoms with E-state index in [1.165, 1.54) is 58.6 Å². The van der Waals surface area contributed by atoms with Gasteiger partial charge in [0.05, 0.1) is 4.90 Å². The minimum Gasteiger partial charge on any atom is -0.337 e. The third-order valence-corrected chi connectivity index (χ3v) is 7.22. The number of rotatable bonds is 5. The number of hydrogen-bond donors (Lipinski definition) is 0. The van der Waals surface area contributed by atoms with E-state index >= 15 is 0 Å². The van der Waals surface area contributed by atoms with Gasteiger partial charge in [-0.05, 0) is 37.3 Å². The summed E-state index contributed by atoms with van der Waals surface area (Å²) in [4.78, 5) is 25.4. The van der Waals surface area contributed by atoms with Crippen LogP contribution in [0.5, 0.6) is 0 Å². The van der Waals surface area contributed by atoms with Gasteiger partial charge in [0.2, 0.25) is 15.9 Å². The molecule has 2 aromatic carbocycles. The standard InChI is InChI=1S/C21H20BrFN2O4S/c1-15(26)16-3-7-19(8-4-16)30(28,29)25-12-10-24(11-13-25)21(27)9-5-17-2-6-18(22)14-20(17)23/h2-9,14H,10-13H2,1H3. The van der Waals surface area contributed by atoms with Crippen molar-refractivity contribution in [1.82, 2.24) is 9.21 Å². The highest BCUT2D eigenvalue weighted by Crippen LogP contribution is 2.19. The zero-order valence-electron chi connectivity index (χ0n) is 16.2. The Morgan fingerprint density at radius 2 is 1.67 bits per heavy atom. The average molecular weight is 495 g/mol. The quantitative estimate of drug-likeness (QED) is 0.471. The maximum Gasteiger partial charge on any atom is 0.246 e. The topological polar surface area (TPSA) is 74.8 Å². The molecule has 1 amide bonds. The van der Waals surface area contributed by atoms with E-state index in [0.29, 0.717) is 15.6 Å². The molecule has 0 unspecified atom stereocenters. The van der Waals surface area contributed by atoms with Gasteiger partial charge in [0.25, 0.3) is 0 Å². The summed E-state index contributed by atoms with van der Waals surface area (Å²) in [6, 6.07) is 10.4. The molecule has 1 aliphatic heterocycles. The lowest BCUT2D eigenvalue weighted by Crippen LogP contribution is -2.50. The van der Waals surface area contributed by atoms with Crippen molar-refractivity contribution >= 4 is 43.7 Å². The smallest absolute Gasteiger partial charge is 0.246 e. The number of amides is 1. The number of piperazine rings is 1. The van der Waals surface area contributed by atoms with Gasteiger partial charge >= 0.3 is 0 Å². The molecule has 0 radical (unpaired) electrons. The molecule has 0 aliphatic carbocycles. The van der Waals surface area contributed by atoms with Gasteiger partial charge in [-0.2, -0.15) is 4.31 Å². The lowest BCUT2D eigenvalue weighted by Gasteiger charge is -2.33. The van der Waals surface area contributed by atoms with Crippen LogP contribution in [0.2, 0.25) is 0 Å². The average Bonchev–Trinajstić information content (AvgIpc) is 2.73. The molecule has 158 valence electrons. The molecule has 0 N–H and O–H groups in total. The molecule has 1 heterocycles. The summed E-state index contributed by atoms with van der Waals surface area (Å²) in [6.07, 6.45) is 2.70. The first kappa shape index (κ1) is 22.3. The van der Waals surface area contributed by atoms with Crippen molar-refractivity contribution in [2.24, 2.45) is 0 Å². The molecule has 0 atom stereocenters. The second-order valence-corrected chi connectivity index (χ2v) is 9.66. The zero-order valence-corrected chi connectivity index (χ0v) is 18.6. The fourth-order valence-corrected chi connectivity index (χ4v) is 4.82. The summed E-state index contributed by atoms with van der Waals surface area (Å²) >= 11 is 3.18. The maximum absolute atomic E-state index is 13.9. The first-order chi connectivity index (χ1) is 14.2. The number of ketones is 1. The summed E-state index contributed by atoms with van der Waals surface area (Å²) < 4.78 is 41.4. The van der Waals surface area contributed by atoms with Gasteiger partial charge in [0.15, 0.2) is 5.78 Å². The van der Waals surface area contributed by atoms with Crippen LogP contribution in [0.1, 0.15) is 22.8 Å². The van der Waals surface area contributed by atoms with Crippen molar-refractivity contribution in [3.8, 4) is 0 Å². The van der Waals surface area contributed by atoms with Gasteiger partial charge in [-0.15, -0.1) is 0 Å². The van der Waals surface area contributed by atoms with Crippen molar-refractivity contribution in [3.05, 3.63) is 70.0 Å². The Labute approximate surface area is 183 Å². The molecule has 1 fully saturated rings. The first-order valence-electron chi connectivity index (χ1n) is 9.21. The summed E-state index contributed by atoms with van der Waals surface area (Å²) in [5.41, 5.74) is 0.736. The number of hydrogen-bond acceptors (Lipinski definition) is 4. The zero-order chi connectivity index (χ0) is 21.9. The highest BCUT2D eigenvalue weighted by molar-refractivity contribution is 9.10. The molecular formula is C21H20BrFN2O4S. The monoisotopic (exact) mass is 494 g/mol. The van der Waals surface area contributed by atoms with Crippen LogP contribution in [-0.4, -0.2) is 55.5 Å². The van der Waals surface area contributed by atoms with Gasteiger partial charge in [0.1, 0.15) is 5.82 Å². The van der Waals surface area contributed by atoms with Gasteiger partial charge in [-0.1, -0.05) is 34.1 Å². The third-order valence-electron chi connectivity index (χ3n) is 4.82. The number of Topliss-reactive ketones (excluding diaryl/α,β-unsaturated/α-hetero) is 1. The molecule has 0 spiro atoms. The number of carbonyl (C=O) groups is 2. The fraction of sp³-hybridized carbons (Fsp3) is 0.238. The summed E-state index contributed by atoms with van der Waals surface area (Å²) in [5.74, 6) is -0.887. The predicted molar refractivity (Wildman–Crippen MR) is 115 cm³/mol. The highest BCUT2D eigenvalue weighted by atomic mass is 79.9. The van der Waals surface area contributed by atoms with Crippen LogP contribution >= 0.6 is 15.9 Å². The molecule has 9 heteroatoms. The SMILES string of the molecule is CC(=O)c1ccc(S(=O)(=O)N2CCN(C(=O)C=Cc3ccc(Br)cc3F)CC2)cc1. The summed E-state index contributed by atoms with van der Waals surface area (Å²) in [5, 5.41) is 0. The van der Waals surface area contributed by atoms with Gasteiger partial charge in [-0.25, -0.2) is 12.8 Å². The van der Waals surface area contributed by atoms with E-state index in [0.717, 1.165) is 0 Å². The molecule has 30 heavy (non-hydrogen) atoms. The van der Waals surface area contributed by atoms with Crippen LogP contribution in [0.25, 0.3) is 6.08 Å². The molecule has 0 bridgehead atoms. The van der Waals surface area contributed by atoms with Gasteiger partial charge < -0.3 is 4.90 Å². The number of halogens is 2. The molecular weight excluding hydrogens is 475 g/mol. The Kier molecular flexibility index (Phi) is 6.84. The van der Waals surface area contributed by atoms with Crippen molar-refractivity contribution in [1.29, 1.82) is 0 Å². The van der Waals surface area contributed by atoms with Crippen LogP contribution in [0.3, 0.4) is 0 Å². The van der Waals surface area contributed by atoms with Crippen molar-refractivity contribution in [2.75, 3.05) is 26.2 Å². The van der Waals surface area contributed by atoms with Crippen molar-refractivity contribution in [2.45, 2.75) is 11.8 Å². The predicted octanol–water partition coefficient (Wildman–Crippen LogP) is 3.34. The third kappa shape index (κ3) is 5.03. The summed E-state index contributed by atoms with van der Waals surface area (Å²) in [6.45, 7) is 2.19. The molecule has 6 nitrogen and oxygen atoms in total. The normalized spacial score (nSPS) is 15.5. The Hall–Kier alpha value is -2.36. The van der Waals surface area contributed by atoms with Crippen LogP contribution in [0, 0.1) is 5.82 Å². The van der Waals surface area contributed by atoms with E-state index < -0.39 is 15.8 Å². The second kappa shape index (κ2) is 9.20. The fourth-order valence-electron chi connectivity index (χ4n) is 3.06. The minimum absolute atomic E-state index is 0.109. The minimum atomic E-state index is -3.71. The molecule has 0 saturated carbocycles. The lowest BCUT2D eigenvalue weighted by atomic mass is 10.2.